The number of hydrogen-bond acceptors (Lipinski definition) is 4. The van der Waals surface area contributed by atoms with Crippen molar-refractivity contribution in [2.45, 2.75) is 39.5 Å². The zero-order valence-electron chi connectivity index (χ0n) is 12.6. The highest BCUT2D eigenvalue weighted by atomic mass is 16.5. The van der Waals surface area contributed by atoms with Crippen molar-refractivity contribution in [2.75, 3.05) is 13.7 Å². The average molecular weight is 273 g/mol. The first-order chi connectivity index (χ1) is 9.76. The van der Waals surface area contributed by atoms with Gasteiger partial charge in [0.25, 0.3) is 0 Å². The third kappa shape index (κ3) is 4.15. The van der Waals surface area contributed by atoms with E-state index in [2.05, 4.69) is 21.9 Å². The second kappa shape index (κ2) is 7.17. The van der Waals surface area contributed by atoms with Gasteiger partial charge < -0.3 is 4.74 Å². The Hall–Kier alpha value is -1.71. The zero-order valence-corrected chi connectivity index (χ0v) is 12.6. The number of aliphatic imine (C=N–C) groups is 1. The van der Waals surface area contributed by atoms with Crippen LogP contribution in [0.5, 0.6) is 5.88 Å². The van der Waals surface area contributed by atoms with Crippen LogP contribution < -0.4 is 4.74 Å². The van der Waals surface area contributed by atoms with Crippen LogP contribution in [0.25, 0.3) is 5.57 Å². The van der Waals surface area contributed by atoms with Crippen LogP contribution in [-0.2, 0) is 6.42 Å². The number of aryl methyl sites for hydroxylation is 1. The predicted molar refractivity (Wildman–Crippen MR) is 82.3 cm³/mol. The summed E-state index contributed by atoms with van der Waals surface area (Å²) in [6.45, 7) is 4.89. The summed E-state index contributed by atoms with van der Waals surface area (Å²) in [5.74, 6) is 2.26. The highest BCUT2D eigenvalue weighted by molar-refractivity contribution is 6.08. The van der Waals surface area contributed by atoms with Crippen LogP contribution in [0, 0.1) is 5.92 Å². The number of ether oxygens (including phenoxy) is 1. The summed E-state index contributed by atoms with van der Waals surface area (Å²) in [5, 5.41) is 0. The van der Waals surface area contributed by atoms with E-state index in [1.54, 1.807) is 7.05 Å². The molecule has 4 heteroatoms. The van der Waals surface area contributed by atoms with Crippen LogP contribution in [0.4, 0.5) is 0 Å². The Kier molecular flexibility index (Phi) is 5.27. The van der Waals surface area contributed by atoms with E-state index in [9.17, 15) is 0 Å². The topological polar surface area (TPSA) is 47.4 Å². The molecule has 1 aromatic rings. The molecule has 0 aromatic carbocycles. The maximum absolute atomic E-state index is 5.81. The predicted octanol–water partition coefficient (Wildman–Crippen LogP) is 3.32. The van der Waals surface area contributed by atoms with Gasteiger partial charge in [-0.2, -0.15) is 4.98 Å². The average Bonchev–Trinajstić information content (AvgIpc) is 3.27. The lowest BCUT2D eigenvalue weighted by atomic mass is 10.2. The molecule has 0 radical (unpaired) electrons. The highest BCUT2D eigenvalue weighted by Crippen LogP contribution is 2.29. The van der Waals surface area contributed by atoms with Crippen molar-refractivity contribution in [3.05, 3.63) is 23.7 Å². The van der Waals surface area contributed by atoms with Gasteiger partial charge in [0.2, 0.25) is 5.88 Å². The van der Waals surface area contributed by atoms with Gasteiger partial charge in [0, 0.05) is 31.3 Å². The minimum Gasteiger partial charge on any atom is -0.477 e. The second-order valence-electron chi connectivity index (χ2n) is 5.14. The molecular formula is C16H23N3O. The summed E-state index contributed by atoms with van der Waals surface area (Å²) in [4.78, 5) is 13.2. The van der Waals surface area contributed by atoms with Crippen molar-refractivity contribution in [1.82, 2.24) is 9.97 Å². The Morgan fingerprint density at radius 2 is 2.25 bits per heavy atom. The molecule has 2 rings (SSSR count). The molecule has 0 amide bonds. The van der Waals surface area contributed by atoms with Crippen LogP contribution in [0.15, 0.2) is 17.1 Å². The minimum atomic E-state index is 0.689. The molecule has 20 heavy (non-hydrogen) atoms. The van der Waals surface area contributed by atoms with E-state index in [1.165, 1.54) is 12.8 Å². The van der Waals surface area contributed by atoms with E-state index >= 15 is 0 Å². The second-order valence-corrected chi connectivity index (χ2v) is 5.14. The third-order valence-electron chi connectivity index (χ3n) is 3.26. The molecule has 0 spiro atoms. The summed E-state index contributed by atoms with van der Waals surface area (Å²) in [6, 6.07) is 1.92. The monoisotopic (exact) mass is 273 g/mol. The van der Waals surface area contributed by atoms with E-state index < -0.39 is 0 Å². The number of aromatic nitrogens is 2. The largest absolute Gasteiger partial charge is 0.477 e. The molecule has 108 valence electrons. The SMILES string of the molecule is C/C=C(\C=NC)c1cc(OCC2CC2)nc(CCC)n1. The van der Waals surface area contributed by atoms with Crippen LogP contribution in [0.1, 0.15) is 44.6 Å². The molecule has 1 heterocycles. The van der Waals surface area contributed by atoms with Crippen LogP contribution in [0.3, 0.4) is 0 Å². The fraction of sp³-hybridized carbons (Fsp3) is 0.562. The number of nitrogens with zero attached hydrogens (tertiary/aromatic N) is 3. The Labute approximate surface area is 121 Å². The summed E-state index contributed by atoms with van der Waals surface area (Å²) in [6.07, 6.45) is 8.29. The Morgan fingerprint density at radius 1 is 1.45 bits per heavy atom. The molecular weight excluding hydrogens is 250 g/mol. The van der Waals surface area contributed by atoms with Crippen molar-refractivity contribution in [2.24, 2.45) is 10.9 Å². The molecule has 1 aromatic heterocycles. The number of rotatable bonds is 7. The summed E-state index contributed by atoms with van der Waals surface area (Å²) < 4.78 is 5.81. The van der Waals surface area contributed by atoms with Crippen molar-refractivity contribution < 1.29 is 4.74 Å². The molecule has 0 unspecified atom stereocenters. The van der Waals surface area contributed by atoms with Gasteiger partial charge in [-0.25, -0.2) is 4.98 Å². The third-order valence-corrected chi connectivity index (χ3v) is 3.26. The van der Waals surface area contributed by atoms with Gasteiger partial charge in [0.15, 0.2) is 0 Å². The summed E-state index contributed by atoms with van der Waals surface area (Å²) in [5.41, 5.74) is 1.89. The Balaban J connectivity index is 2.23. The van der Waals surface area contributed by atoms with Crippen molar-refractivity contribution >= 4 is 11.8 Å². The lowest BCUT2D eigenvalue weighted by Crippen LogP contribution is -2.06. The molecule has 0 saturated heterocycles. The van der Waals surface area contributed by atoms with Gasteiger partial charge in [-0.3, -0.25) is 4.99 Å². The molecule has 1 saturated carbocycles. The zero-order chi connectivity index (χ0) is 14.4. The van der Waals surface area contributed by atoms with Crippen molar-refractivity contribution in [3.8, 4) is 5.88 Å². The lowest BCUT2D eigenvalue weighted by Gasteiger charge is -2.09. The van der Waals surface area contributed by atoms with Gasteiger partial charge in [0.05, 0.1) is 12.3 Å². The minimum absolute atomic E-state index is 0.689. The normalized spacial score (nSPS) is 15.8. The molecule has 1 aliphatic rings. The van der Waals surface area contributed by atoms with Gasteiger partial charge in [0.1, 0.15) is 5.82 Å². The maximum Gasteiger partial charge on any atom is 0.217 e. The van der Waals surface area contributed by atoms with Crippen LogP contribution in [0.2, 0.25) is 0 Å². The Morgan fingerprint density at radius 3 is 2.85 bits per heavy atom. The number of hydrogen-bond donors (Lipinski definition) is 0. The number of allylic oxidation sites excluding steroid dienone is 2. The lowest BCUT2D eigenvalue weighted by molar-refractivity contribution is 0.286. The van der Waals surface area contributed by atoms with E-state index in [-0.39, 0.29) is 0 Å². The molecule has 0 bridgehead atoms. The van der Waals surface area contributed by atoms with E-state index in [4.69, 9.17) is 4.74 Å². The van der Waals surface area contributed by atoms with Gasteiger partial charge in [-0.15, -0.1) is 0 Å². The maximum atomic E-state index is 5.81. The molecule has 0 atom stereocenters. The molecule has 1 aliphatic carbocycles. The van der Waals surface area contributed by atoms with E-state index in [0.717, 1.165) is 42.5 Å². The Bertz CT molecular complexity index is 504. The molecule has 0 aliphatic heterocycles. The first kappa shape index (κ1) is 14.7. The van der Waals surface area contributed by atoms with Crippen molar-refractivity contribution in [3.63, 3.8) is 0 Å². The van der Waals surface area contributed by atoms with Crippen LogP contribution >= 0.6 is 0 Å². The quantitative estimate of drug-likeness (QED) is 0.716. The standard InChI is InChI=1S/C16H23N3O/c1-4-6-15-18-14(13(5-2)10-17-3)9-16(19-15)20-11-12-7-8-12/h5,9-10,12H,4,6-8,11H2,1-3H3/b13-5+,17-10?. The van der Waals surface area contributed by atoms with Crippen molar-refractivity contribution in [1.29, 1.82) is 0 Å². The molecule has 4 nitrogen and oxygen atoms in total. The summed E-state index contributed by atoms with van der Waals surface area (Å²) >= 11 is 0. The van der Waals surface area contributed by atoms with E-state index in [0.29, 0.717) is 5.88 Å². The summed E-state index contributed by atoms with van der Waals surface area (Å²) in [7, 11) is 1.77. The fourth-order valence-corrected chi connectivity index (χ4v) is 1.95. The highest BCUT2D eigenvalue weighted by Gasteiger charge is 2.22. The molecule has 0 N–H and O–H groups in total. The molecule has 1 fully saturated rings. The first-order valence-electron chi connectivity index (χ1n) is 7.36. The first-order valence-corrected chi connectivity index (χ1v) is 7.36. The van der Waals surface area contributed by atoms with E-state index in [1.807, 2.05) is 25.3 Å². The fourth-order valence-electron chi connectivity index (χ4n) is 1.95. The van der Waals surface area contributed by atoms with Crippen LogP contribution in [-0.4, -0.2) is 29.8 Å². The van der Waals surface area contributed by atoms with Gasteiger partial charge in [-0.05, 0) is 32.1 Å². The van der Waals surface area contributed by atoms with Gasteiger partial charge >= 0.3 is 0 Å². The smallest absolute Gasteiger partial charge is 0.217 e. The van der Waals surface area contributed by atoms with Gasteiger partial charge in [-0.1, -0.05) is 13.0 Å².